The molecule has 0 saturated carbocycles. The summed E-state index contributed by atoms with van der Waals surface area (Å²) in [5.74, 6) is -0.582. The molecule has 0 atom stereocenters. The second-order valence-corrected chi connectivity index (χ2v) is 6.88. The second-order valence-electron chi connectivity index (χ2n) is 6.88. The molecule has 4 rings (SSSR count). The van der Waals surface area contributed by atoms with Crippen LogP contribution in [0.3, 0.4) is 0 Å². The van der Waals surface area contributed by atoms with Gasteiger partial charge in [0.05, 0.1) is 23.0 Å². The number of para-hydroxylation sites is 1. The van der Waals surface area contributed by atoms with Crippen LogP contribution in [0.15, 0.2) is 77.9 Å². The first-order valence-electron chi connectivity index (χ1n) is 9.33. The number of carbonyl (C=O) groups excluding carboxylic acids is 1. The smallest absolute Gasteiger partial charge is 0.272 e. The number of phenols is 2. The third kappa shape index (κ3) is 3.98. The molecule has 0 radical (unpaired) electrons. The van der Waals surface area contributed by atoms with Gasteiger partial charge in [-0.1, -0.05) is 48.0 Å². The Morgan fingerprint density at radius 3 is 2.53 bits per heavy atom. The third-order valence-corrected chi connectivity index (χ3v) is 4.69. The van der Waals surface area contributed by atoms with Gasteiger partial charge in [0.25, 0.3) is 5.91 Å². The molecular formula is C24H19N3O3. The highest BCUT2D eigenvalue weighted by Gasteiger charge is 2.13. The number of phenolic OH excluding ortho intramolecular Hbond substituents is 2. The molecule has 6 heteroatoms. The van der Waals surface area contributed by atoms with E-state index in [0.717, 1.165) is 11.1 Å². The number of aromatic hydroxyl groups is 2. The van der Waals surface area contributed by atoms with Gasteiger partial charge in [-0.15, -0.1) is 0 Å². The minimum atomic E-state index is -0.392. The Labute approximate surface area is 173 Å². The molecule has 30 heavy (non-hydrogen) atoms. The van der Waals surface area contributed by atoms with Crippen molar-refractivity contribution in [2.75, 3.05) is 0 Å². The van der Waals surface area contributed by atoms with Crippen LogP contribution in [-0.2, 0) is 0 Å². The van der Waals surface area contributed by atoms with Gasteiger partial charge in [0.1, 0.15) is 11.5 Å². The lowest BCUT2D eigenvalue weighted by atomic mass is 10.0. The van der Waals surface area contributed by atoms with Gasteiger partial charge in [0.2, 0.25) is 0 Å². The van der Waals surface area contributed by atoms with Crippen LogP contribution in [0.25, 0.3) is 22.2 Å². The fraction of sp³-hybridized carbons (Fsp3) is 0.0417. The molecule has 3 aromatic carbocycles. The van der Waals surface area contributed by atoms with Gasteiger partial charge in [0.15, 0.2) is 0 Å². The number of pyridine rings is 1. The number of hydrogen-bond acceptors (Lipinski definition) is 5. The Kier molecular flexibility index (Phi) is 5.13. The maximum Gasteiger partial charge on any atom is 0.272 e. The molecule has 0 aliphatic rings. The number of aromatic nitrogens is 1. The van der Waals surface area contributed by atoms with E-state index in [1.165, 1.54) is 24.4 Å². The average Bonchev–Trinajstić information content (AvgIpc) is 2.75. The fourth-order valence-corrected chi connectivity index (χ4v) is 3.10. The lowest BCUT2D eigenvalue weighted by Gasteiger charge is -2.09. The second kappa shape index (κ2) is 8.05. The number of hydrogen-bond donors (Lipinski definition) is 3. The molecule has 4 aromatic rings. The normalized spacial score (nSPS) is 11.1. The summed E-state index contributed by atoms with van der Waals surface area (Å²) in [6.45, 7) is 2.01. The maximum absolute atomic E-state index is 12.9. The molecule has 1 aromatic heterocycles. The average molecular weight is 397 g/mol. The summed E-state index contributed by atoms with van der Waals surface area (Å²) < 4.78 is 0. The van der Waals surface area contributed by atoms with Crippen LogP contribution in [0.4, 0.5) is 0 Å². The van der Waals surface area contributed by atoms with Gasteiger partial charge in [-0.25, -0.2) is 10.4 Å². The Bertz CT molecular complexity index is 1260. The molecule has 1 heterocycles. The van der Waals surface area contributed by atoms with Crippen molar-refractivity contribution < 1.29 is 15.0 Å². The van der Waals surface area contributed by atoms with Crippen LogP contribution in [0.5, 0.6) is 11.5 Å². The van der Waals surface area contributed by atoms with E-state index in [1.807, 2.05) is 55.5 Å². The van der Waals surface area contributed by atoms with Crippen LogP contribution in [0.2, 0.25) is 0 Å². The topological polar surface area (TPSA) is 94.8 Å². The van der Waals surface area contributed by atoms with Gasteiger partial charge in [-0.3, -0.25) is 4.79 Å². The van der Waals surface area contributed by atoms with Crippen molar-refractivity contribution in [3.05, 3.63) is 89.5 Å². The standard InChI is InChI=1S/C24H19N3O3/c1-15-6-8-16(9-7-15)22-13-20(19-4-2-3-5-21(19)26-22)24(30)27-25-14-17-10-11-18(28)12-23(17)29/h2-14,28-29H,1H3,(H,27,30)/b25-14-. The zero-order valence-corrected chi connectivity index (χ0v) is 16.2. The van der Waals surface area contributed by atoms with E-state index in [4.69, 9.17) is 4.98 Å². The van der Waals surface area contributed by atoms with E-state index >= 15 is 0 Å². The van der Waals surface area contributed by atoms with Crippen molar-refractivity contribution in [3.63, 3.8) is 0 Å². The summed E-state index contributed by atoms with van der Waals surface area (Å²) in [6.07, 6.45) is 1.32. The highest BCUT2D eigenvalue weighted by Crippen LogP contribution is 2.25. The van der Waals surface area contributed by atoms with E-state index < -0.39 is 5.91 Å². The summed E-state index contributed by atoms with van der Waals surface area (Å²) in [7, 11) is 0. The predicted molar refractivity (Wildman–Crippen MR) is 117 cm³/mol. The lowest BCUT2D eigenvalue weighted by Crippen LogP contribution is -2.18. The highest BCUT2D eigenvalue weighted by molar-refractivity contribution is 6.07. The molecule has 0 aliphatic heterocycles. The first-order chi connectivity index (χ1) is 14.5. The minimum Gasteiger partial charge on any atom is -0.508 e. The molecule has 0 fully saturated rings. The van der Waals surface area contributed by atoms with Crippen LogP contribution in [0.1, 0.15) is 21.5 Å². The number of aryl methyl sites for hydroxylation is 1. The number of amides is 1. The Hall–Kier alpha value is -4.19. The van der Waals surface area contributed by atoms with Crippen LogP contribution in [-0.4, -0.2) is 27.3 Å². The molecule has 148 valence electrons. The predicted octanol–water partition coefficient (Wildman–Crippen LogP) is 4.39. The van der Waals surface area contributed by atoms with Gasteiger partial charge in [-0.05, 0) is 31.2 Å². The molecule has 0 aliphatic carbocycles. The van der Waals surface area contributed by atoms with Gasteiger partial charge in [-0.2, -0.15) is 5.10 Å². The maximum atomic E-state index is 12.9. The quantitative estimate of drug-likeness (QED) is 0.352. The van der Waals surface area contributed by atoms with Gasteiger partial charge < -0.3 is 10.2 Å². The molecule has 0 unspecified atom stereocenters. The summed E-state index contributed by atoms with van der Waals surface area (Å²) in [5.41, 5.74) is 6.77. The van der Waals surface area contributed by atoms with E-state index in [-0.39, 0.29) is 11.5 Å². The van der Waals surface area contributed by atoms with Crippen molar-refractivity contribution in [1.29, 1.82) is 0 Å². The first-order valence-corrected chi connectivity index (χ1v) is 9.33. The molecule has 0 bridgehead atoms. The molecule has 0 spiro atoms. The van der Waals surface area contributed by atoms with Crippen molar-refractivity contribution in [1.82, 2.24) is 10.4 Å². The van der Waals surface area contributed by atoms with Gasteiger partial charge >= 0.3 is 0 Å². The number of hydrazone groups is 1. The highest BCUT2D eigenvalue weighted by atomic mass is 16.3. The van der Waals surface area contributed by atoms with Crippen molar-refractivity contribution >= 4 is 23.0 Å². The number of rotatable bonds is 4. The molecule has 6 nitrogen and oxygen atoms in total. The van der Waals surface area contributed by atoms with Crippen LogP contribution in [0, 0.1) is 6.92 Å². The van der Waals surface area contributed by atoms with E-state index in [2.05, 4.69) is 10.5 Å². The first kappa shape index (κ1) is 19.1. The Balaban J connectivity index is 1.67. The SMILES string of the molecule is Cc1ccc(-c2cc(C(=O)N/N=C\c3ccc(O)cc3O)c3ccccc3n2)cc1. The fourth-order valence-electron chi connectivity index (χ4n) is 3.10. The summed E-state index contributed by atoms with van der Waals surface area (Å²) >= 11 is 0. The number of fused-ring (bicyclic) bond motifs is 1. The summed E-state index contributed by atoms with van der Waals surface area (Å²) in [6, 6.07) is 21.2. The van der Waals surface area contributed by atoms with Crippen molar-refractivity contribution in [3.8, 4) is 22.8 Å². The Morgan fingerprint density at radius 2 is 1.77 bits per heavy atom. The molecule has 0 saturated heterocycles. The largest absolute Gasteiger partial charge is 0.508 e. The van der Waals surface area contributed by atoms with Crippen LogP contribution < -0.4 is 5.43 Å². The minimum absolute atomic E-state index is 0.0550. The molecule has 3 N–H and O–H groups in total. The summed E-state index contributed by atoms with van der Waals surface area (Å²) in [4.78, 5) is 17.6. The molecule has 1 amide bonds. The van der Waals surface area contributed by atoms with Gasteiger partial charge in [0, 0.05) is 22.6 Å². The third-order valence-electron chi connectivity index (χ3n) is 4.69. The zero-order valence-electron chi connectivity index (χ0n) is 16.2. The van der Waals surface area contributed by atoms with E-state index in [1.54, 1.807) is 6.07 Å². The Morgan fingerprint density at radius 1 is 1.00 bits per heavy atom. The summed E-state index contributed by atoms with van der Waals surface area (Å²) in [5, 5.41) is 23.8. The monoisotopic (exact) mass is 397 g/mol. The number of carbonyl (C=O) groups is 1. The van der Waals surface area contributed by atoms with Crippen LogP contribution >= 0.6 is 0 Å². The number of nitrogens with one attached hydrogen (secondary N) is 1. The van der Waals surface area contributed by atoms with Crippen molar-refractivity contribution in [2.45, 2.75) is 6.92 Å². The number of nitrogens with zero attached hydrogens (tertiary/aromatic N) is 2. The van der Waals surface area contributed by atoms with E-state index in [9.17, 15) is 15.0 Å². The lowest BCUT2D eigenvalue weighted by molar-refractivity contribution is 0.0956. The van der Waals surface area contributed by atoms with Crippen molar-refractivity contribution in [2.24, 2.45) is 5.10 Å². The van der Waals surface area contributed by atoms with E-state index in [0.29, 0.717) is 27.7 Å². The molecular weight excluding hydrogens is 378 g/mol. The zero-order chi connectivity index (χ0) is 21.1. The number of benzene rings is 3.